The molecule has 0 aromatic rings. The van der Waals surface area contributed by atoms with Gasteiger partial charge in [-0.15, -0.1) is 0 Å². The van der Waals surface area contributed by atoms with Crippen LogP contribution in [0.5, 0.6) is 0 Å². The summed E-state index contributed by atoms with van der Waals surface area (Å²) in [4.78, 5) is 0. The highest BCUT2D eigenvalue weighted by atomic mass is 32.2. The van der Waals surface area contributed by atoms with Crippen LogP contribution in [-0.4, -0.2) is 41.8 Å². The van der Waals surface area contributed by atoms with Gasteiger partial charge in [0.1, 0.15) is 0 Å². The first kappa shape index (κ1) is 12.9. The smallest absolute Gasteiger partial charge is 0.0510 e. The molecule has 1 fully saturated rings. The van der Waals surface area contributed by atoms with Crippen LogP contribution in [0, 0.1) is 0 Å². The average Bonchev–Trinajstić information content (AvgIpc) is 2.62. The van der Waals surface area contributed by atoms with Crippen LogP contribution in [0.1, 0.15) is 19.3 Å². The molecule has 3 nitrogen and oxygen atoms in total. The minimum atomic E-state index is 0.315. The first-order valence-electron chi connectivity index (χ1n) is 5.60. The van der Waals surface area contributed by atoms with E-state index >= 15 is 0 Å². The molecule has 0 saturated carbocycles. The molecule has 3 unspecified atom stereocenters. The van der Waals surface area contributed by atoms with Gasteiger partial charge >= 0.3 is 0 Å². The van der Waals surface area contributed by atoms with Crippen molar-refractivity contribution in [3.8, 4) is 0 Å². The molecule has 3 N–H and O–H groups in total. The van der Waals surface area contributed by atoms with E-state index in [0.29, 0.717) is 23.9 Å². The lowest BCUT2D eigenvalue weighted by atomic mass is 10.0. The molecule has 3 atom stereocenters. The number of rotatable bonds is 7. The summed E-state index contributed by atoms with van der Waals surface area (Å²) >= 11 is 2.02. The Hall–Kier alpha value is -0.190. The Kier molecular flexibility index (Phi) is 6.13. The van der Waals surface area contributed by atoms with Gasteiger partial charge in [-0.25, -0.2) is 0 Å². The molecule has 1 aliphatic heterocycles. The van der Waals surface area contributed by atoms with Crippen molar-refractivity contribution in [3.63, 3.8) is 0 Å². The van der Waals surface area contributed by atoms with Crippen LogP contribution in [-0.2, 0) is 0 Å². The average molecular weight is 230 g/mol. The molecule has 1 rings (SSSR count). The Bertz CT molecular complexity index is 189. The summed E-state index contributed by atoms with van der Waals surface area (Å²) in [5, 5.41) is 16.1. The number of hydrogen-bond acceptors (Lipinski definition) is 4. The topological polar surface area (TPSA) is 44.3 Å². The number of unbranched alkanes of at least 4 members (excludes halogenated alkanes) is 1. The summed E-state index contributed by atoms with van der Waals surface area (Å²) < 4.78 is 0. The first-order valence-corrected chi connectivity index (χ1v) is 6.65. The Labute approximate surface area is 96.7 Å². The van der Waals surface area contributed by atoms with Gasteiger partial charge in [0, 0.05) is 23.7 Å². The maximum Gasteiger partial charge on any atom is 0.0510 e. The first-order chi connectivity index (χ1) is 7.33. The number of aliphatic hydroxyl groups excluding tert-OH is 1. The van der Waals surface area contributed by atoms with Crippen molar-refractivity contribution in [2.24, 2.45) is 0 Å². The van der Waals surface area contributed by atoms with Crippen molar-refractivity contribution < 1.29 is 5.11 Å². The standard InChI is InChI=1S/C11H22N2OS/c1-3-13-9-8-15-10(11(9)12-2)6-4-5-7-14/h3,9-14H,1,4-8H2,2H3. The number of hydrogen-bond donors (Lipinski definition) is 3. The molecule has 0 aromatic carbocycles. The fourth-order valence-electron chi connectivity index (χ4n) is 2.10. The van der Waals surface area contributed by atoms with Crippen LogP contribution in [0.3, 0.4) is 0 Å². The molecule has 0 aliphatic carbocycles. The van der Waals surface area contributed by atoms with Gasteiger partial charge in [0.25, 0.3) is 0 Å². The van der Waals surface area contributed by atoms with Gasteiger partial charge in [-0.05, 0) is 26.1 Å². The van der Waals surface area contributed by atoms with E-state index in [1.54, 1.807) is 6.20 Å². The minimum Gasteiger partial charge on any atom is -0.396 e. The Morgan fingerprint density at radius 3 is 2.93 bits per heavy atom. The maximum absolute atomic E-state index is 8.75. The van der Waals surface area contributed by atoms with Crippen LogP contribution in [0.2, 0.25) is 0 Å². The molecule has 0 aromatic heterocycles. The SMILES string of the molecule is C=CNC1CSC(CCCCO)C1NC. The van der Waals surface area contributed by atoms with E-state index in [1.807, 2.05) is 18.8 Å². The second-order valence-electron chi connectivity index (χ2n) is 3.88. The molecular weight excluding hydrogens is 208 g/mol. The number of aliphatic hydroxyl groups is 1. The number of nitrogens with one attached hydrogen (secondary N) is 2. The molecule has 1 aliphatic rings. The molecular formula is C11H22N2OS. The largest absolute Gasteiger partial charge is 0.396 e. The lowest BCUT2D eigenvalue weighted by Crippen LogP contribution is -2.46. The van der Waals surface area contributed by atoms with Gasteiger partial charge in [0.15, 0.2) is 0 Å². The Balaban J connectivity index is 2.34. The van der Waals surface area contributed by atoms with Crippen LogP contribution >= 0.6 is 11.8 Å². The third kappa shape index (κ3) is 3.70. The summed E-state index contributed by atoms with van der Waals surface area (Å²) in [5.41, 5.74) is 0. The highest BCUT2D eigenvalue weighted by Crippen LogP contribution is 2.30. The summed E-state index contributed by atoms with van der Waals surface area (Å²) in [6.07, 6.45) is 5.01. The van der Waals surface area contributed by atoms with Crippen molar-refractivity contribution in [2.75, 3.05) is 19.4 Å². The second kappa shape index (κ2) is 7.14. The molecule has 1 saturated heterocycles. The van der Waals surface area contributed by atoms with E-state index in [1.165, 1.54) is 6.42 Å². The van der Waals surface area contributed by atoms with Crippen LogP contribution in [0.4, 0.5) is 0 Å². The monoisotopic (exact) mass is 230 g/mol. The van der Waals surface area contributed by atoms with Crippen LogP contribution in [0.15, 0.2) is 12.8 Å². The van der Waals surface area contributed by atoms with Crippen LogP contribution < -0.4 is 10.6 Å². The predicted octanol–water partition coefficient (Wildman–Crippen LogP) is 0.954. The van der Waals surface area contributed by atoms with Crippen LogP contribution in [0.25, 0.3) is 0 Å². The highest BCUT2D eigenvalue weighted by molar-refractivity contribution is 8.00. The summed E-state index contributed by atoms with van der Waals surface area (Å²) in [5.74, 6) is 1.14. The number of likely N-dealkylation sites (N-methyl/N-ethyl adjacent to an activating group) is 1. The number of thioether (sulfide) groups is 1. The van der Waals surface area contributed by atoms with Gasteiger partial charge in [-0.2, -0.15) is 11.8 Å². The second-order valence-corrected chi connectivity index (χ2v) is 5.16. The molecule has 0 amide bonds. The molecule has 0 spiro atoms. The summed E-state index contributed by atoms with van der Waals surface area (Å²) in [6, 6.07) is 1.02. The van der Waals surface area contributed by atoms with Crippen molar-refractivity contribution in [1.29, 1.82) is 0 Å². The van der Waals surface area contributed by atoms with Gasteiger partial charge in [0.05, 0.1) is 6.04 Å². The van der Waals surface area contributed by atoms with E-state index in [0.717, 1.165) is 18.6 Å². The summed E-state index contributed by atoms with van der Waals surface area (Å²) in [6.45, 7) is 4.03. The quantitative estimate of drug-likeness (QED) is 0.570. The molecule has 88 valence electrons. The zero-order valence-corrected chi connectivity index (χ0v) is 10.2. The lowest BCUT2D eigenvalue weighted by molar-refractivity contribution is 0.281. The van der Waals surface area contributed by atoms with E-state index in [9.17, 15) is 0 Å². The predicted molar refractivity (Wildman–Crippen MR) is 67.2 cm³/mol. The summed E-state index contributed by atoms with van der Waals surface area (Å²) in [7, 11) is 2.02. The van der Waals surface area contributed by atoms with Gasteiger partial charge in [0.2, 0.25) is 0 Å². The third-order valence-corrected chi connectivity index (χ3v) is 4.39. The van der Waals surface area contributed by atoms with Crippen molar-refractivity contribution >= 4 is 11.8 Å². The molecule has 1 heterocycles. The molecule has 0 bridgehead atoms. The normalized spacial score (nSPS) is 30.4. The third-order valence-electron chi connectivity index (χ3n) is 2.89. The van der Waals surface area contributed by atoms with Gasteiger partial charge in [-0.1, -0.05) is 13.0 Å². The minimum absolute atomic E-state index is 0.315. The maximum atomic E-state index is 8.75. The van der Waals surface area contributed by atoms with Crippen molar-refractivity contribution in [3.05, 3.63) is 12.8 Å². The Morgan fingerprint density at radius 1 is 1.53 bits per heavy atom. The van der Waals surface area contributed by atoms with Crippen molar-refractivity contribution in [2.45, 2.75) is 36.6 Å². The van der Waals surface area contributed by atoms with Gasteiger partial charge in [-0.3, -0.25) is 0 Å². The van der Waals surface area contributed by atoms with Gasteiger partial charge < -0.3 is 15.7 Å². The Morgan fingerprint density at radius 2 is 2.33 bits per heavy atom. The van der Waals surface area contributed by atoms with E-state index < -0.39 is 0 Å². The molecule has 0 radical (unpaired) electrons. The van der Waals surface area contributed by atoms with E-state index in [-0.39, 0.29) is 0 Å². The van der Waals surface area contributed by atoms with E-state index in [2.05, 4.69) is 17.2 Å². The lowest BCUT2D eigenvalue weighted by Gasteiger charge is -2.23. The highest BCUT2D eigenvalue weighted by Gasteiger charge is 2.34. The van der Waals surface area contributed by atoms with Crippen molar-refractivity contribution in [1.82, 2.24) is 10.6 Å². The zero-order valence-electron chi connectivity index (χ0n) is 9.41. The molecule has 4 heteroatoms. The fourth-order valence-corrected chi connectivity index (χ4v) is 3.73. The zero-order chi connectivity index (χ0) is 11.1. The fraction of sp³-hybridized carbons (Fsp3) is 0.818. The van der Waals surface area contributed by atoms with E-state index in [4.69, 9.17) is 5.11 Å². The molecule has 15 heavy (non-hydrogen) atoms.